The zero-order valence-corrected chi connectivity index (χ0v) is 18.4. The number of nitrogens with zero attached hydrogens (tertiary/aromatic N) is 5. The predicted octanol–water partition coefficient (Wildman–Crippen LogP) is 0.950. The van der Waals surface area contributed by atoms with E-state index in [4.69, 9.17) is 4.98 Å². The van der Waals surface area contributed by atoms with Crippen LogP contribution in [0.25, 0.3) is 16.9 Å². The summed E-state index contributed by atoms with van der Waals surface area (Å²) in [5.41, 5.74) is 2.79. The molecular formula is C22H33N6O2+. The molecule has 0 atom stereocenters. The van der Waals surface area contributed by atoms with Crippen molar-refractivity contribution in [3.05, 3.63) is 32.2 Å². The van der Waals surface area contributed by atoms with Gasteiger partial charge in [0.05, 0.1) is 26.2 Å². The maximum absolute atomic E-state index is 13.5. The van der Waals surface area contributed by atoms with Crippen molar-refractivity contribution in [2.45, 2.75) is 71.4 Å². The second kappa shape index (κ2) is 7.41. The zero-order chi connectivity index (χ0) is 21.0. The highest BCUT2D eigenvalue weighted by Gasteiger charge is 2.27. The maximum Gasteiger partial charge on any atom is 0.332 e. The molecule has 1 aliphatic heterocycles. The van der Waals surface area contributed by atoms with Crippen molar-refractivity contribution in [1.29, 1.82) is 0 Å². The number of hydrogen-bond donors (Lipinski definition) is 1. The molecule has 0 spiro atoms. The fourth-order valence-electron chi connectivity index (χ4n) is 5.64. The lowest BCUT2D eigenvalue weighted by Gasteiger charge is -2.23. The molecule has 2 aliphatic rings. The van der Waals surface area contributed by atoms with Crippen molar-refractivity contribution in [2.24, 2.45) is 7.05 Å². The molecule has 1 aliphatic carbocycles. The summed E-state index contributed by atoms with van der Waals surface area (Å²) in [7, 11) is 1.74. The highest BCUT2D eigenvalue weighted by Crippen LogP contribution is 2.34. The third-order valence-corrected chi connectivity index (χ3v) is 7.50. The number of aromatic nitrogens is 5. The van der Waals surface area contributed by atoms with E-state index in [1.165, 1.54) is 47.3 Å². The standard InChI is InChI=1S/C22H32N6O2/c1-15-16(2)28-18-19(23-21(28)27(15)17-9-5-6-10-17)24(3)22(30)26(20(18)29)14-13-25-11-7-4-8-12-25/h17H,4-14H2,1-3H3/p+1. The molecule has 0 radical (unpaired) electrons. The van der Waals surface area contributed by atoms with Crippen LogP contribution < -0.4 is 16.1 Å². The van der Waals surface area contributed by atoms with Gasteiger partial charge in [-0.3, -0.25) is 18.3 Å². The van der Waals surface area contributed by atoms with Crippen LogP contribution in [0, 0.1) is 13.8 Å². The van der Waals surface area contributed by atoms with Crippen LogP contribution in [-0.2, 0) is 13.6 Å². The van der Waals surface area contributed by atoms with Gasteiger partial charge in [-0.1, -0.05) is 12.8 Å². The SMILES string of the molecule is Cc1c(C)n2c3c(=O)n(CC[NH+]4CCCCC4)c(=O)n(C)c3nc2n1C1CCCC1. The van der Waals surface area contributed by atoms with E-state index in [0.717, 1.165) is 43.9 Å². The van der Waals surface area contributed by atoms with E-state index < -0.39 is 0 Å². The first-order valence-electron chi connectivity index (χ1n) is 11.5. The second-order valence-electron chi connectivity index (χ2n) is 9.26. The second-order valence-corrected chi connectivity index (χ2v) is 9.26. The maximum atomic E-state index is 13.5. The van der Waals surface area contributed by atoms with Gasteiger partial charge in [-0.2, -0.15) is 4.98 Å². The average molecular weight is 414 g/mol. The minimum Gasteiger partial charge on any atom is -0.333 e. The summed E-state index contributed by atoms with van der Waals surface area (Å²) in [6.45, 7) is 7.73. The van der Waals surface area contributed by atoms with Crippen molar-refractivity contribution < 1.29 is 4.90 Å². The van der Waals surface area contributed by atoms with E-state index in [1.54, 1.807) is 11.6 Å². The average Bonchev–Trinajstić information content (AvgIpc) is 3.45. The van der Waals surface area contributed by atoms with Crippen molar-refractivity contribution >= 4 is 16.9 Å². The quantitative estimate of drug-likeness (QED) is 0.692. The Kier molecular flexibility index (Phi) is 4.84. The highest BCUT2D eigenvalue weighted by molar-refractivity contribution is 5.76. The van der Waals surface area contributed by atoms with Gasteiger partial charge in [0.15, 0.2) is 11.2 Å². The minimum absolute atomic E-state index is 0.205. The molecule has 5 rings (SSSR count). The number of piperidine rings is 1. The molecule has 1 saturated carbocycles. The first-order valence-corrected chi connectivity index (χ1v) is 11.5. The third-order valence-electron chi connectivity index (χ3n) is 7.50. The van der Waals surface area contributed by atoms with E-state index in [0.29, 0.717) is 23.8 Å². The van der Waals surface area contributed by atoms with Crippen LogP contribution in [0.4, 0.5) is 0 Å². The van der Waals surface area contributed by atoms with Crippen molar-refractivity contribution in [3.63, 3.8) is 0 Å². The van der Waals surface area contributed by atoms with Crippen LogP contribution >= 0.6 is 0 Å². The van der Waals surface area contributed by atoms with Crippen LogP contribution in [-0.4, -0.2) is 42.7 Å². The van der Waals surface area contributed by atoms with Crippen molar-refractivity contribution in [1.82, 2.24) is 23.1 Å². The van der Waals surface area contributed by atoms with E-state index >= 15 is 0 Å². The Morgan fingerprint density at radius 3 is 2.40 bits per heavy atom. The molecule has 3 aromatic rings. The van der Waals surface area contributed by atoms with Crippen molar-refractivity contribution in [2.75, 3.05) is 19.6 Å². The van der Waals surface area contributed by atoms with Crippen LogP contribution in [0.3, 0.4) is 0 Å². The number of fused-ring (bicyclic) bond motifs is 3. The van der Waals surface area contributed by atoms with E-state index in [1.807, 2.05) is 4.40 Å². The lowest BCUT2D eigenvalue weighted by atomic mass is 10.1. The summed E-state index contributed by atoms with van der Waals surface area (Å²) < 4.78 is 7.28. The Bertz CT molecular complexity index is 1210. The molecule has 1 N–H and O–H groups in total. The molecule has 162 valence electrons. The lowest BCUT2D eigenvalue weighted by molar-refractivity contribution is -0.905. The van der Waals surface area contributed by atoms with Crippen molar-refractivity contribution in [3.8, 4) is 0 Å². The summed E-state index contributed by atoms with van der Waals surface area (Å²) in [5, 5.41) is 0. The predicted molar refractivity (Wildman–Crippen MR) is 117 cm³/mol. The minimum atomic E-state index is -0.258. The molecule has 0 amide bonds. The van der Waals surface area contributed by atoms with Gasteiger partial charge in [-0.05, 0) is 46.0 Å². The van der Waals surface area contributed by atoms with Gasteiger partial charge in [-0.15, -0.1) is 0 Å². The van der Waals surface area contributed by atoms with Crippen LogP contribution in [0.15, 0.2) is 9.59 Å². The van der Waals surface area contributed by atoms with Gasteiger partial charge in [0, 0.05) is 24.5 Å². The Morgan fingerprint density at radius 2 is 1.70 bits per heavy atom. The van der Waals surface area contributed by atoms with Gasteiger partial charge < -0.3 is 9.47 Å². The monoisotopic (exact) mass is 413 g/mol. The van der Waals surface area contributed by atoms with Crippen LogP contribution in [0.1, 0.15) is 62.4 Å². The van der Waals surface area contributed by atoms with Gasteiger partial charge in [0.1, 0.15) is 0 Å². The number of rotatable bonds is 4. The Hall–Kier alpha value is -2.35. The molecule has 30 heavy (non-hydrogen) atoms. The number of aryl methyl sites for hydroxylation is 2. The number of likely N-dealkylation sites (tertiary alicyclic amines) is 1. The summed E-state index contributed by atoms with van der Waals surface area (Å²) in [6, 6.07) is 0.431. The molecule has 2 fully saturated rings. The van der Waals surface area contributed by atoms with E-state index in [-0.39, 0.29) is 11.2 Å². The molecular weight excluding hydrogens is 380 g/mol. The molecule has 3 aromatic heterocycles. The summed E-state index contributed by atoms with van der Waals surface area (Å²) in [4.78, 5) is 32.9. The van der Waals surface area contributed by atoms with Gasteiger partial charge in [-0.25, -0.2) is 4.79 Å². The van der Waals surface area contributed by atoms with Crippen LogP contribution in [0.2, 0.25) is 0 Å². The largest absolute Gasteiger partial charge is 0.333 e. The summed E-state index contributed by atoms with van der Waals surface area (Å²) >= 11 is 0. The van der Waals surface area contributed by atoms with Gasteiger partial charge in [0.25, 0.3) is 5.56 Å². The number of nitrogens with one attached hydrogen (secondary N) is 1. The molecule has 1 saturated heterocycles. The lowest BCUT2D eigenvalue weighted by Crippen LogP contribution is -3.13. The van der Waals surface area contributed by atoms with E-state index in [2.05, 4.69) is 18.4 Å². The molecule has 8 heteroatoms. The van der Waals surface area contributed by atoms with Crippen LogP contribution in [0.5, 0.6) is 0 Å². The summed E-state index contributed by atoms with van der Waals surface area (Å²) in [6.07, 6.45) is 8.53. The Labute approximate surface area is 175 Å². The smallest absolute Gasteiger partial charge is 0.332 e. The number of hydrogen-bond acceptors (Lipinski definition) is 3. The number of quaternary nitrogens is 1. The normalized spacial score (nSPS) is 18.9. The highest BCUT2D eigenvalue weighted by atomic mass is 16.2. The Balaban J connectivity index is 1.66. The fourth-order valence-corrected chi connectivity index (χ4v) is 5.64. The Morgan fingerprint density at radius 1 is 1.00 bits per heavy atom. The van der Waals surface area contributed by atoms with Gasteiger partial charge >= 0.3 is 5.69 Å². The molecule has 0 unspecified atom stereocenters. The third kappa shape index (κ3) is 2.87. The first kappa shape index (κ1) is 19.6. The topological polar surface area (TPSA) is 70.7 Å². The van der Waals surface area contributed by atoms with Gasteiger partial charge in [0.2, 0.25) is 5.78 Å². The molecule has 4 heterocycles. The summed E-state index contributed by atoms with van der Waals surface area (Å²) in [5.74, 6) is 0.804. The molecule has 0 aromatic carbocycles. The van der Waals surface area contributed by atoms with E-state index in [9.17, 15) is 9.59 Å². The fraction of sp³-hybridized carbons (Fsp3) is 0.682. The molecule has 8 nitrogen and oxygen atoms in total. The first-order chi connectivity index (χ1) is 14.5. The zero-order valence-electron chi connectivity index (χ0n) is 18.4. The number of imidazole rings is 2. The molecule has 0 bridgehead atoms.